The first-order chi connectivity index (χ1) is 9.83. The second kappa shape index (κ2) is 7.02. The molecule has 1 saturated heterocycles. The van der Waals surface area contributed by atoms with Crippen LogP contribution in [0.2, 0.25) is 0 Å². The largest absolute Gasteiger partial charge is 0.481 e. The van der Waals surface area contributed by atoms with E-state index in [0.29, 0.717) is 12.4 Å². The monoisotopic (exact) mass is 418 g/mol. The highest BCUT2D eigenvalue weighted by Crippen LogP contribution is 2.46. The van der Waals surface area contributed by atoms with Crippen LogP contribution in [0.5, 0.6) is 5.88 Å². The van der Waals surface area contributed by atoms with Crippen LogP contribution in [0.4, 0.5) is 0 Å². The fraction of sp³-hybridized carbons (Fsp3) is 0.625. The van der Waals surface area contributed by atoms with Crippen molar-refractivity contribution in [3.05, 3.63) is 23.9 Å². The summed E-state index contributed by atoms with van der Waals surface area (Å²) in [5.41, 5.74) is 1.41. The van der Waals surface area contributed by atoms with Crippen molar-refractivity contribution < 1.29 is 4.74 Å². The minimum Gasteiger partial charge on any atom is -0.481 e. The third-order valence-electron chi connectivity index (χ3n) is 4.83. The number of hydrogen-bond donors (Lipinski definition) is 1. The van der Waals surface area contributed by atoms with E-state index in [4.69, 9.17) is 4.74 Å². The van der Waals surface area contributed by atoms with E-state index in [9.17, 15) is 0 Å². The standard InChI is InChI=1S/C16H26N4O.HI/c1-15(2)11-20(16(15,3)4)14(17-5)19-10-12-8-7-9-18-13(12)21-6;/h7-9H,10-11H2,1-6H3,(H,17,19);1H. The van der Waals surface area contributed by atoms with Crippen LogP contribution < -0.4 is 10.1 Å². The molecule has 0 radical (unpaired) electrons. The Hall–Kier alpha value is -1.05. The van der Waals surface area contributed by atoms with Crippen LogP contribution in [-0.2, 0) is 6.54 Å². The molecular weight excluding hydrogens is 391 g/mol. The van der Waals surface area contributed by atoms with Crippen LogP contribution in [0.1, 0.15) is 33.3 Å². The zero-order valence-corrected chi connectivity index (χ0v) is 16.6. The molecule has 1 N–H and O–H groups in total. The number of pyridine rings is 1. The molecule has 0 saturated carbocycles. The van der Waals surface area contributed by atoms with Crippen molar-refractivity contribution in [1.29, 1.82) is 0 Å². The van der Waals surface area contributed by atoms with Crippen molar-refractivity contribution in [2.24, 2.45) is 10.4 Å². The third-order valence-corrected chi connectivity index (χ3v) is 4.83. The molecule has 5 nitrogen and oxygen atoms in total. The molecule has 1 aromatic rings. The number of rotatable bonds is 3. The summed E-state index contributed by atoms with van der Waals surface area (Å²) in [4.78, 5) is 10.9. The highest BCUT2D eigenvalue weighted by Gasteiger charge is 2.53. The summed E-state index contributed by atoms with van der Waals surface area (Å²) < 4.78 is 5.28. The Morgan fingerprint density at radius 2 is 2.09 bits per heavy atom. The van der Waals surface area contributed by atoms with E-state index in [0.717, 1.165) is 18.1 Å². The van der Waals surface area contributed by atoms with Crippen LogP contribution in [0.25, 0.3) is 0 Å². The van der Waals surface area contributed by atoms with Gasteiger partial charge in [0.2, 0.25) is 5.88 Å². The minimum absolute atomic E-state index is 0. The van der Waals surface area contributed by atoms with E-state index < -0.39 is 0 Å². The molecule has 2 heterocycles. The maximum absolute atomic E-state index is 5.28. The van der Waals surface area contributed by atoms with Gasteiger partial charge in [0.05, 0.1) is 7.11 Å². The molecule has 22 heavy (non-hydrogen) atoms. The minimum atomic E-state index is 0. The Balaban J connectivity index is 0.00000242. The number of halogens is 1. The highest BCUT2D eigenvalue weighted by atomic mass is 127. The molecule has 2 rings (SSSR count). The van der Waals surface area contributed by atoms with E-state index in [2.05, 4.69) is 47.9 Å². The van der Waals surface area contributed by atoms with Gasteiger partial charge < -0.3 is 15.0 Å². The van der Waals surface area contributed by atoms with Crippen molar-refractivity contribution in [3.8, 4) is 5.88 Å². The lowest BCUT2D eigenvalue weighted by atomic mass is 9.65. The average molecular weight is 418 g/mol. The van der Waals surface area contributed by atoms with Gasteiger partial charge in [-0.1, -0.05) is 19.9 Å². The van der Waals surface area contributed by atoms with E-state index in [-0.39, 0.29) is 34.9 Å². The first-order valence-corrected chi connectivity index (χ1v) is 7.29. The fourth-order valence-electron chi connectivity index (χ4n) is 2.61. The molecule has 1 aliphatic heterocycles. The zero-order valence-electron chi connectivity index (χ0n) is 14.3. The Morgan fingerprint density at radius 3 is 2.59 bits per heavy atom. The van der Waals surface area contributed by atoms with Crippen molar-refractivity contribution in [1.82, 2.24) is 15.2 Å². The highest BCUT2D eigenvalue weighted by molar-refractivity contribution is 14.0. The summed E-state index contributed by atoms with van der Waals surface area (Å²) in [6.07, 6.45) is 1.73. The van der Waals surface area contributed by atoms with Gasteiger partial charge in [0.25, 0.3) is 0 Å². The van der Waals surface area contributed by atoms with Crippen LogP contribution >= 0.6 is 24.0 Å². The maximum Gasteiger partial charge on any atom is 0.218 e. The zero-order chi connectivity index (χ0) is 15.7. The SMILES string of the molecule is CN=C(NCc1cccnc1OC)N1CC(C)(C)C1(C)C.I. The lowest BCUT2D eigenvalue weighted by molar-refractivity contribution is -0.0668. The predicted octanol–water partition coefficient (Wildman–Crippen LogP) is 2.90. The van der Waals surface area contributed by atoms with Gasteiger partial charge >= 0.3 is 0 Å². The van der Waals surface area contributed by atoms with Crippen molar-refractivity contribution in [3.63, 3.8) is 0 Å². The molecule has 1 aromatic heterocycles. The smallest absolute Gasteiger partial charge is 0.218 e. The first-order valence-electron chi connectivity index (χ1n) is 7.29. The van der Waals surface area contributed by atoms with Crippen molar-refractivity contribution in [2.75, 3.05) is 20.7 Å². The van der Waals surface area contributed by atoms with Gasteiger partial charge in [-0.2, -0.15) is 0 Å². The summed E-state index contributed by atoms with van der Waals surface area (Å²) in [6.45, 7) is 10.8. The molecule has 1 aliphatic rings. The number of methoxy groups -OCH3 is 1. The first kappa shape index (κ1) is 19.0. The molecule has 0 unspecified atom stereocenters. The van der Waals surface area contributed by atoms with Gasteiger partial charge in [-0.15, -0.1) is 24.0 Å². The third kappa shape index (κ3) is 3.31. The van der Waals surface area contributed by atoms with Gasteiger partial charge in [0.1, 0.15) is 0 Å². The van der Waals surface area contributed by atoms with Crippen LogP contribution in [0, 0.1) is 5.41 Å². The summed E-state index contributed by atoms with van der Waals surface area (Å²) in [6, 6.07) is 3.93. The lowest BCUT2D eigenvalue weighted by Gasteiger charge is -2.62. The van der Waals surface area contributed by atoms with E-state index in [1.54, 1.807) is 13.3 Å². The van der Waals surface area contributed by atoms with Gasteiger partial charge in [-0.25, -0.2) is 4.98 Å². The molecule has 0 spiro atoms. The number of guanidine groups is 1. The number of nitrogens with one attached hydrogen (secondary N) is 1. The van der Waals surface area contributed by atoms with Crippen LogP contribution in [0.15, 0.2) is 23.3 Å². The Kier molecular flexibility index (Phi) is 6.06. The van der Waals surface area contributed by atoms with E-state index in [1.165, 1.54) is 0 Å². The lowest BCUT2D eigenvalue weighted by Crippen LogP contribution is -2.72. The number of ether oxygens (including phenoxy) is 1. The molecule has 0 aliphatic carbocycles. The normalized spacial score (nSPS) is 19.0. The molecule has 0 amide bonds. The quantitative estimate of drug-likeness (QED) is 0.466. The number of aliphatic imine (C=N–C) groups is 1. The van der Waals surface area contributed by atoms with Gasteiger partial charge in [0.15, 0.2) is 5.96 Å². The summed E-state index contributed by atoms with van der Waals surface area (Å²) in [5.74, 6) is 1.58. The molecule has 0 atom stereocenters. The Morgan fingerprint density at radius 1 is 1.41 bits per heavy atom. The molecule has 1 fully saturated rings. The number of hydrogen-bond acceptors (Lipinski definition) is 3. The fourth-order valence-corrected chi connectivity index (χ4v) is 2.61. The predicted molar refractivity (Wildman–Crippen MR) is 101 cm³/mol. The van der Waals surface area contributed by atoms with Crippen LogP contribution in [0.3, 0.4) is 0 Å². The average Bonchev–Trinajstić information content (AvgIpc) is 2.47. The Bertz CT molecular complexity index is 543. The van der Waals surface area contributed by atoms with E-state index >= 15 is 0 Å². The Labute approximate surface area is 150 Å². The summed E-state index contributed by atoms with van der Waals surface area (Å²) in [5, 5.41) is 3.41. The van der Waals surface area contributed by atoms with Crippen LogP contribution in [-0.4, -0.2) is 42.1 Å². The number of nitrogens with zero attached hydrogens (tertiary/aromatic N) is 3. The van der Waals surface area contributed by atoms with Gasteiger partial charge in [-0.05, 0) is 19.9 Å². The van der Waals surface area contributed by atoms with Gasteiger partial charge in [0, 0.05) is 42.9 Å². The van der Waals surface area contributed by atoms with Gasteiger partial charge in [-0.3, -0.25) is 4.99 Å². The number of aromatic nitrogens is 1. The van der Waals surface area contributed by atoms with E-state index in [1.807, 2.05) is 19.2 Å². The maximum atomic E-state index is 5.28. The molecule has 0 aromatic carbocycles. The van der Waals surface area contributed by atoms with Crippen molar-refractivity contribution >= 4 is 29.9 Å². The molecular formula is C16H27IN4O. The molecule has 0 bridgehead atoms. The topological polar surface area (TPSA) is 49.8 Å². The molecule has 124 valence electrons. The second-order valence-corrected chi connectivity index (χ2v) is 6.60. The van der Waals surface area contributed by atoms with Crippen molar-refractivity contribution in [2.45, 2.75) is 39.8 Å². The molecule has 6 heteroatoms. The number of likely N-dealkylation sites (tertiary alicyclic amines) is 1. The summed E-state index contributed by atoms with van der Waals surface area (Å²) >= 11 is 0. The second-order valence-electron chi connectivity index (χ2n) is 6.60. The summed E-state index contributed by atoms with van der Waals surface area (Å²) in [7, 11) is 3.46.